The van der Waals surface area contributed by atoms with Crippen LogP contribution in [0.15, 0.2) is 12.8 Å². The monoisotopic (exact) mass is 339 g/mol. The minimum absolute atomic E-state index is 0.581. The van der Waals surface area contributed by atoms with Crippen molar-refractivity contribution >= 4 is 6.09 Å². The maximum absolute atomic E-state index is 10.8. The van der Waals surface area contributed by atoms with Crippen LogP contribution in [0.5, 0.6) is 0 Å². The number of rotatable bonds is 18. The zero-order chi connectivity index (χ0) is 17.9. The molecule has 0 aliphatic rings. The fourth-order valence-corrected chi connectivity index (χ4v) is 3.10. The molecule has 0 radical (unpaired) electrons. The maximum atomic E-state index is 10.8. The third-order valence-corrected chi connectivity index (χ3v) is 4.72. The molecule has 3 nitrogen and oxygen atoms in total. The molecule has 3 heteroatoms. The van der Waals surface area contributed by atoms with E-state index in [1.54, 1.807) is 0 Å². The molecule has 1 amide bonds. The molecule has 0 aromatic carbocycles. The SMILES string of the molecule is C=CN(CCCCCCCCCCCCCCCCCC)C(=O)O. The van der Waals surface area contributed by atoms with E-state index in [1.165, 1.54) is 101 Å². The fourth-order valence-electron chi connectivity index (χ4n) is 3.10. The van der Waals surface area contributed by atoms with Gasteiger partial charge in [0.15, 0.2) is 0 Å². The molecule has 0 atom stereocenters. The van der Waals surface area contributed by atoms with Gasteiger partial charge in [0.2, 0.25) is 0 Å². The normalized spacial score (nSPS) is 10.7. The molecular weight excluding hydrogens is 298 g/mol. The van der Waals surface area contributed by atoms with Crippen molar-refractivity contribution in [1.29, 1.82) is 0 Å². The summed E-state index contributed by atoms with van der Waals surface area (Å²) in [6.45, 7) is 6.37. The van der Waals surface area contributed by atoms with E-state index in [0.717, 1.165) is 12.8 Å². The first-order chi connectivity index (χ1) is 11.7. The Kier molecular flexibility index (Phi) is 17.6. The molecule has 24 heavy (non-hydrogen) atoms. The van der Waals surface area contributed by atoms with Gasteiger partial charge < -0.3 is 5.11 Å². The van der Waals surface area contributed by atoms with Gasteiger partial charge in [0.25, 0.3) is 0 Å². The van der Waals surface area contributed by atoms with Gasteiger partial charge in [-0.15, -0.1) is 0 Å². The Bertz CT molecular complexity index is 292. The van der Waals surface area contributed by atoms with Crippen molar-refractivity contribution in [1.82, 2.24) is 4.90 Å². The first kappa shape index (κ1) is 23.0. The molecule has 0 aromatic rings. The topological polar surface area (TPSA) is 40.5 Å². The molecule has 0 aromatic heterocycles. The molecule has 0 saturated heterocycles. The quantitative estimate of drug-likeness (QED) is 0.265. The van der Waals surface area contributed by atoms with E-state index in [4.69, 9.17) is 5.11 Å². The van der Waals surface area contributed by atoms with Gasteiger partial charge in [-0.1, -0.05) is 110 Å². The van der Waals surface area contributed by atoms with Crippen molar-refractivity contribution in [3.63, 3.8) is 0 Å². The summed E-state index contributed by atoms with van der Waals surface area (Å²) in [5, 5.41) is 8.85. The van der Waals surface area contributed by atoms with Crippen LogP contribution >= 0.6 is 0 Å². The number of carbonyl (C=O) groups is 1. The smallest absolute Gasteiger partial charge is 0.411 e. The Morgan fingerprint density at radius 1 is 0.750 bits per heavy atom. The number of hydrogen-bond acceptors (Lipinski definition) is 1. The Labute approximate surface area is 150 Å². The first-order valence-electron chi connectivity index (χ1n) is 10.3. The summed E-state index contributed by atoms with van der Waals surface area (Å²) in [5.41, 5.74) is 0. The van der Waals surface area contributed by atoms with E-state index in [-0.39, 0.29) is 0 Å². The van der Waals surface area contributed by atoms with Gasteiger partial charge in [-0.2, -0.15) is 0 Å². The predicted molar refractivity (Wildman–Crippen MR) is 104 cm³/mol. The predicted octanol–water partition coefficient (Wildman–Crippen LogP) is 7.37. The van der Waals surface area contributed by atoms with Crippen LogP contribution in [0.3, 0.4) is 0 Å². The zero-order valence-electron chi connectivity index (χ0n) is 16.1. The average molecular weight is 340 g/mol. The lowest BCUT2D eigenvalue weighted by molar-refractivity contribution is 0.162. The second-order valence-electron chi connectivity index (χ2n) is 6.96. The molecule has 0 aliphatic heterocycles. The van der Waals surface area contributed by atoms with Gasteiger partial charge in [-0.05, 0) is 6.42 Å². The van der Waals surface area contributed by atoms with Crippen LogP contribution in [0.1, 0.15) is 110 Å². The minimum atomic E-state index is -0.897. The van der Waals surface area contributed by atoms with Gasteiger partial charge in [0, 0.05) is 12.7 Å². The number of nitrogens with zero attached hydrogens (tertiary/aromatic N) is 1. The maximum Gasteiger partial charge on any atom is 0.411 e. The Morgan fingerprint density at radius 2 is 1.08 bits per heavy atom. The summed E-state index contributed by atoms with van der Waals surface area (Å²) in [5.74, 6) is 0. The van der Waals surface area contributed by atoms with Crippen LogP contribution in [0, 0.1) is 0 Å². The van der Waals surface area contributed by atoms with Crippen LogP contribution in [0.4, 0.5) is 4.79 Å². The van der Waals surface area contributed by atoms with E-state index >= 15 is 0 Å². The molecule has 142 valence electrons. The molecule has 0 spiro atoms. The standard InChI is InChI=1S/C21H41NO2/c1-3-5-6-7-8-9-10-11-12-13-14-15-16-17-18-19-20-22(4-2)21(23)24/h4H,2-3,5-20H2,1H3,(H,23,24). The van der Waals surface area contributed by atoms with E-state index in [1.807, 2.05) is 0 Å². The lowest BCUT2D eigenvalue weighted by Crippen LogP contribution is -2.24. The Morgan fingerprint density at radius 3 is 1.38 bits per heavy atom. The van der Waals surface area contributed by atoms with Crippen LogP contribution in [-0.2, 0) is 0 Å². The summed E-state index contributed by atoms with van der Waals surface area (Å²) >= 11 is 0. The van der Waals surface area contributed by atoms with E-state index in [0.29, 0.717) is 6.54 Å². The van der Waals surface area contributed by atoms with Crippen molar-refractivity contribution in [2.24, 2.45) is 0 Å². The molecule has 0 rings (SSSR count). The Hall–Kier alpha value is -0.990. The van der Waals surface area contributed by atoms with Crippen LogP contribution in [0.25, 0.3) is 0 Å². The summed E-state index contributed by atoms with van der Waals surface area (Å²) in [6.07, 6.45) is 21.9. The van der Waals surface area contributed by atoms with Crippen molar-refractivity contribution < 1.29 is 9.90 Å². The van der Waals surface area contributed by atoms with Gasteiger partial charge in [-0.3, -0.25) is 4.90 Å². The van der Waals surface area contributed by atoms with E-state index < -0.39 is 6.09 Å². The van der Waals surface area contributed by atoms with Crippen molar-refractivity contribution in [3.05, 3.63) is 12.8 Å². The molecule has 0 bridgehead atoms. The van der Waals surface area contributed by atoms with Gasteiger partial charge in [-0.25, -0.2) is 4.79 Å². The molecule has 0 unspecified atom stereocenters. The van der Waals surface area contributed by atoms with Crippen LogP contribution in [0.2, 0.25) is 0 Å². The minimum Gasteiger partial charge on any atom is -0.465 e. The molecular formula is C21H41NO2. The largest absolute Gasteiger partial charge is 0.465 e. The zero-order valence-corrected chi connectivity index (χ0v) is 16.1. The molecule has 0 saturated carbocycles. The number of carboxylic acid groups (broad SMARTS) is 1. The second-order valence-corrected chi connectivity index (χ2v) is 6.96. The van der Waals surface area contributed by atoms with Gasteiger partial charge >= 0.3 is 6.09 Å². The summed E-state index contributed by atoms with van der Waals surface area (Å²) in [4.78, 5) is 12.0. The van der Waals surface area contributed by atoms with Crippen molar-refractivity contribution in [3.8, 4) is 0 Å². The van der Waals surface area contributed by atoms with Gasteiger partial charge in [0.1, 0.15) is 0 Å². The number of amides is 1. The third-order valence-electron chi connectivity index (χ3n) is 4.72. The van der Waals surface area contributed by atoms with E-state index in [2.05, 4.69) is 13.5 Å². The van der Waals surface area contributed by atoms with Crippen molar-refractivity contribution in [2.75, 3.05) is 6.54 Å². The highest BCUT2D eigenvalue weighted by Gasteiger charge is 2.05. The highest BCUT2D eigenvalue weighted by Crippen LogP contribution is 2.13. The molecule has 0 aliphatic carbocycles. The first-order valence-corrected chi connectivity index (χ1v) is 10.3. The summed E-state index contributed by atoms with van der Waals surface area (Å²) < 4.78 is 0. The van der Waals surface area contributed by atoms with Crippen LogP contribution in [-0.4, -0.2) is 22.6 Å². The summed E-state index contributed by atoms with van der Waals surface area (Å²) in [7, 11) is 0. The summed E-state index contributed by atoms with van der Waals surface area (Å²) in [6, 6.07) is 0. The molecule has 0 fully saturated rings. The highest BCUT2D eigenvalue weighted by atomic mass is 16.4. The average Bonchev–Trinajstić information content (AvgIpc) is 2.57. The van der Waals surface area contributed by atoms with Gasteiger partial charge in [0.05, 0.1) is 0 Å². The number of hydrogen-bond donors (Lipinski definition) is 1. The number of unbranched alkanes of at least 4 members (excludes halogenated alkanes) is 15. The lowest BCUT2D eigenvalue weighted by Gasteiger charge is -2.13. The Balaban J connectivity index is 3.12. The highest BCUT2D eigenvalue weighted by molar-refractivity contribution is 5.66. The van der Waals surface area contributed by atoms with Crippen molar-refractivity contribution in [2.45, 2.75) is 110 Å². The third kappa shape index (κ3) is 15.9. The fraction of sp³-hybridized carbons (Fsp3) is 0.857. The lowest BCUT2D eigenvalue weighted by atomic mass is 10.0. The molecule has 0 heterocycles. The van der Waals surface area contributed by atoms with E-state index in [9.17, 15) is 4.79 Å². The molecule has 1 N–H and O–H groups in total. The van der Waals surface area contributed by atoms with Crippen LogP contribution < -0.4 is 0 Å². The second kappa shape index (κ2) is 18.4.